The van der Waals surface area contributed by atoms with Gasteiger partial charge in [0, 0.05) is 45.1 Å². The minimum Gasteiger partial charge on any atom is -0.347 e. The zero-order chi connectivity index (χ0) is 13.5. The molecule has 0 saturated carbocycles. The van der Waals surface area contributed by atoms with Crippen LogP contribution in [0.3, 0.4) is 0 Å². The van der Waals surface area contributed by atoms with Crippen LogP contribution in [0.5, 0.6) is 0 Å². The number of amides is 2. The summed E-state index contributed by atoms with van der Waals surface area (Å²) in [6.07, 6.45) is 4.12. The van der Waals surface area contributed by atoms with Crippen molar-refractivity contribution in [3.05, 3.63) is 30.1 Å². The molecule has 0 aliphatic carbocycles. The van der Waals surface area contributed by atoms with E-state index in [2.05, 4.69) is 15.6 Å². The van der Waals surface area contributed by atoms with Gasteiger partial charge in [0.05, 0.1) is 0 Å². The molecule has 0 unspecified atom stereocenters. The first-order valence-corrected chi connectivity index (χ1v) is 6.44. The average molecular weight is 262 g/mol. The predicted octanol–water partition coefficient (Wildman–Crippen LogP) is -0.828. The molecule has 0 atom stereocenters. The normalized spacial score (nSPS) is 15.1. The Bertz CT molecular complexity index is 430. The third kappa shape index (κ3) is 4.03. The minimum absolute atomic E-state index is 0.434. The van der Waals surface area contributed by atoms with E-state index in [4.69, 9.17) is 0 Å². The summed E-state index contributed by atoms with van der Waals surface area (Å²) in [6.45, 7) is 3.14. The molecular weight excluding hydrogens is 244 g/mol. The summed E-state index contributed by atoms with van der Waals surface area (Å²) in [6, 6.07) is 3.79. The van der Waals surface area contributed by atoms with Crippen LogP contribution in [0.1, 0.15) is 5.56 Å². The SMILES string of the molecule is O=C(NCCc1ccncc1)C(=O)N1CCNCC1. The van der Waals surface area contributed by atoms with Crippen molar-refractivity contribution in [3.63, 3.8) is 0 Å². The smallest absolute Gasteiger partial charge is 0.311 e. The van der Waals surface area contributed by atoms with Crippen LogP contribution >= 0.6 is 0 Å². The summed E-state index contributed by atoms with van der Waals surface area (Å²) >= 11 is 0. The third-order valence-electron chi connectivity index (χ3n) is 3.05. The molecule has 1 aromatic rings. The van der Waals surface area contributed by atoms with Crippen molar-refractivity contribution in [2.45, 2.75) is 6.42 Å². The van der Waals surface area contributed by atoms with Crippen LogP contribution < -0.4 is 10.6 Å². The number of rotatable bonds is 3. The number of hydrogen-bond donors (Lipinski definition) is 2. The summed E-state index contributed by atoms with van der Waals surface area (Å²) in [7, 11) is 0. The highest BCUT2D eigenvalue weighted by Gasteiger charge is 2.22. The van der Waals surface area contributed by atoms with Crippen LogP contribution in [0.25, 0.3) is 0 Å². The molecule has 1 aliphatic rings. The van der Waals surface area contributed by atoms with Crippen LogP contribution in [0.4, 0.5) is 0 Å². The predicted molar refractivity (Wildman–Crippen MR) is 70.4 cm³/mol. The average Bonchev–Trinajstić information content (AvgIpc) is 2.48. The number of piperazine rings is 1. The van der Waals surface area contributed by atoms with Gasteiger partial charge in [-0.3, -0.25) is 14.6 Å². The van der Waals surface area contributed by atoms with Gasteiger partial charge in [-0.15, -0.1) is 0 Å². The molecule has 0 radical (unpaired) electrons. The molecule has 6 heteroatoms. The second kappa shape index (κ2) is 6.84. The highest BCUT2D eigenvalue weighted by atomic mass is 16.2. The van der Waals surface area contributed by atoms with Gasteiger partial charge in [0.2, 0.25) is 0 Å². The lowest BCUT2D eigenvalue weighted by molar-refractivity contribution is -0.146. The summed E-state index contributed by atoms with van der Waals surface area (Å²) in [5.74, 6) is -0.952. The highest BCUT2D eigenvalue weighted by molar-refractivity contribution is 6.35. The molecule has 0 bridgehead atoms. The fourth-order valence-corrected chi connectivity index (χ4v) is 1.96. The van der Waals surface area contributed by atoms with E-state index in [1.165, 1.54) is 0 Å². The molecular formula is C13H18N4O2. The molecule has 0 aromatic carbocycles. The molecule has 1 fully saturated rings. The Morgan fingerprint density at radius 3 is 2.63 bits per heavy atom. The standard InChI is InChI=1S/C13H18N4O2/c18-12(13(19)17-9-7-15-8-10-17)16-6-3-11-1-4-14-5-2-11/h1-2,4-5,15H,3,6-10H2,(H,16,18). The maximum absolute atomic E-state index is 11.8. The number of hydrogen-bond acceptors (Lipinski definition) is 4. The molecule has 1 aromatic heterocycles. The van der Waals surface area contributed by atoms with E-state index in [1.54, 1.807) is 17.3 Å². The van der Waals surface area contributed by atoms with E-state index < -0.39 is 11.8 Å². The topological polar surface area (TPSA) is 74.3 Å². The quantitative estimate of drug-likeness (QED) is 0.697. The Morgan fingerprint density at radius 1 is 1.26 bits per heavy atom. The summed E-state index contributed by atoms with van der Waals surface area (Å²) in [5.41, 5.74) is 1.09. The van der Waals surface area contributed by atoms with Gasteiger partial charge in [-0.2, -0.15) is 0 Å². The zero-order valence-corrected chi connectivity index (χ0v) is 10.8. The minimum atomic E-state index is -0.518. The fourth-order valence-electron chi connectivity index (χ4n) is 1.96. The Hall–Kier alpha value is -1.95. The Labute approximate surface area is 112 Å². The second-order valence-corrected chi connectivity index (χ2v) is 4.40. The number of pyridine rings is 1. The van der Waals surface area contributed by atoms with Crippen LogP contribution in [0, 0.1) is 0 Å². The lowest BCUT2D eigenvalue weighted by Crippen LogP contribution is -2.51. The summed E-state index contributed by atoms with van der Waals surface area (Å²) < 4.78 is 0. The molecule has 102 valence electrons. The van der Waals surface area contributed by atoms with E-state index in [1.807, 2.05) is 12.1 Å². The molecule has 0 spiro atoms. The number of aromatic nitrogens is 1. The van der Waals surface area contributed by atoms with E-state index in [0.29, 0.717) is 26.1 Å². The molecule has 2 rings (SSSR count). The van der Waals surface area contributed by atoms with E-state index in [-0.39, 0.29) is 0 Å². The largest absolute Gasteiger partial charge is 0.347 e. The van der Waals surface area contributed by atoms with Gasteiger partial charge in [-0.25, -0.2) is 0 Å². The number of carbonyl (C=O) groups excluding carboxylic acids is 2. The van der Waals surface area contributed by atoms with Crippen molar-refractivity contribution in [1.29, 1.82) is 0 Å². The zero-order valence-electron chi connectivity index (χ0n) is 10.8. The van der Waals surface area contributed by atoms with Crippen LogP contribution in [0.15, 0.2) is 24.5 Å². The Balaban J connectivity index is 1.73. The molecule has 1 aliphatic heterocycles. The lowest BCUT2D eigenvalue weighted by atomic mass is 10.2. The van der Waals surface area contributed by atoms with E-state index in [9.17, 15) is 9.59 Å². The lowest BCUT2D eigenvalue weighted by Gasteiger charge is -2.26. The second-order valence-electron chi connectivity index (χ2n) is 4.40. The van der Waals surface area contributed by atoms with Gasteiger partial charge in [-0.05, 0) is 24.1 Å². The van der Waals surface area contributed by atoms with Gasteiger partial charge in [0.15, 0.2) is 0 Å². The first kappa shape index (κ1) is 13.5. The maximum atomic E-state index is 11.8. The van der Waals surface area contributed by atoms with Gasteiger partial charge < -0.3 is 15.5 Å². The van der Waals surface area contributed by atoms with Gasteiger partial charge in [0.25, 0.3) is 0 Å². The van der Waals surface area contributed by atoms with Gasteiger partial charge in [-0.1, -0.05) is 0 Å². The van der Waals surface area contributed by atoms with E-state index in [0.717, 1.165) is 18.7 Å². The number of nitrogens with one attached hydrogen (secondary N) is 2. The van der Waals surface area contributed by atoms with Crippen molar-refractivity contribution < 1.29 is 9.59 Å². The molecule has 1 saturated heterocycles. The molecule has 2 heterocycles. The van der Waals surface area contributed by atoms with Crippen molar-refractivity contribution in [2.24, 2.45) is 0 Å². The van der Waals surface area contributed by atoms with Crippen molar-refractivity contribution in [1.82, 2.24) is 20.5 Å². The molecule has 6 nitrogen and oxygen atoms in total. The van der Waals surface area contributed by atoms with Crippen molar-refractivity contribution in [2.75, 3.05) is 32.7 Å². The summed E-state index contributed by atoms with van der Waals surface area (Å²) in [5, 5.41) is 5.80. The first-order valence-electron chi connectivity index (χ1n) is 6.44. The summed E-state index contributed by atoms with van der Waals surface area (Å²) in [4.78, 5) is 29.0. The van der Waals surface area contributed by atoms with Crippen molar-refractivity contribution in [3.8, 4) is 0 Å². The third-order valence-corrected chi connectivity index (χ3v) is 3.05. The van der Waals surface area contributed by atoms with Gasteiger partial charge in [0.1, 0.15) is 0 Å². The van der Waals surface area contributed by atoms with Gasteiger partial charge >= 0.3 is 11.8 Å². The Kier molecular flexibility index (Phi) is 4.85. The van der Waals surface area contributed by atoms with Crippen LogP contribution in [-0.4, -0.2) is 54.4 Å². The first-order chi connectivity index (χ1) is 9.27. The molecule has 19 heavy (non-hydrogen) atoms. The molecule has 2 N–H and O–H groups in total. The van der Waals surface area contributed by atoms with Crippen molar-refractivity contribution >= 4 is 11.8 Å². The number of carbonyl (C=O) groups is 2. The maximum Gasteiger partial charge on any atom is 0.311 e. The van der Waals surface area contributed by atoms with Crippen LogP contribution in [0.2, 0.25) is 0 Å². The molecule has 2 amide bonds. The van der Waals surface area contributed by atoms with E-state index >= 15 is 0 Å². The monoisotopic (exact) mass is 262 g/mol. The number of nitrogens with zero attached hydrogens (tertiary/aromatic N) is 2. The van der Waals surface area contributed by atoms with Crippen LogP contribution in [-0.2, 0) is 16.0 Å². The fraction of sp³-hybridized carbons (Fsp3) is 0.462. The highest BCUT2D eigenvalue weighted by Crippen LogP contribution is 1.97. The Morgan fingerprint density at radius 2 is 1.95 bits per heavy atom.